The maximum absolute atomic E-state index is 11.3. The molecule has 3 rings (SSSR count). The minimum atomic E-state index is -1.00. The van der Waals surface area contributed by atoms with Crippen LogP contribution in [-0.4, -0.2) is 38.4 Å². The number of carbonyl (C=O) groups is 1. The van der Waals surface area contributed by atoms with Gasteiger partial charge in [-0.3, -0.25) is 4.90 Å². The van der Waals surface area contributed by atoms with Crippen LogP contribution in [-0.2, 0) is 6.54 Å². The van der Waals surface area contributed by atoms with Crippen LogP contribution in [0.25, 0.3) is 5.52 Å². The molecule has 0 amide bonds. The Hall–Kier alpha value is -1.59. The van der Waals surface area contributed by atoms with Gasteiger partial charge < -0.3 is 9.51 Å². The molecule has 5 nitrogen and oxygen atoms in total. The molecule has 0 unspecified atom stereocenters. The first-order chi connectivity index (χ1) is 9.65. The van der Waals surface area contributed by atoms with Crippen molar-refractivity contribution in [1.82, 2.24) is 14.3 Å². The summed E-state index contributed by atoms with van der Waals surface area (Å²) in [5.74, 6) is -0.267. The summed E-state index contributed by atoms with van der Waals surface area (Å²) in [4.78, 5) is 17.9. The van der Waals surface area contributed by atoms with Crippen molar-refractivity contribution in [3.05, 3.63) is 34.9 Å². The number of carboxylic acid groups (broad SMARTS) is 1. The molecule has 1 saturated heterocycles. The van der Waals surface area contributed by atoms with E-state index >= 15 is 0 Å². The van der Waals surface area contributed by atoms with Crippen molar-refractivity contribution in [1.29, 1.82) is 0 Å². The van der Waals surface area contributed by atoms with Gasteiger partial charge >= 0.3 is 5.97 Å². The lowest BCUT2D eigenvalue weighted by Gasteiger charge is -2.25. The molecule has 0 radical (unpaired) electrons. The van der Waals surface area contributed by atoms with E-state index in [-0.39, 0.29) is 5.69 Å². The van der Waals surface area contributed by atoms with Crippen molar-refractivity contribution in [3.63, 3.8) is 0 Å². The lowest BCUT2D eigenvalue weighted by Crippen LogP contribution is -2.29. The largest absolute Gasteiger partial charge is 0.476 e. The second kappa shape index (κ2) is 5.42. The van der Waals surface area contributed by atoms with E-state index < -0.39 is 5.97 Å². The van der Waals surface area contributed by atoms with Crippen molar-refractivity contribution in [2.45, 2.75) is 25.8 Å². The molecule has 0 bridgehead atoms. The van der Waals surface area contributed by atoms with Crippen LogP contribution >= 0.6 is 11.6 Å². The summed E-state index contributed by atoms with van der Waals surface area (Å²) in [6.07, 6.45) is 5.38. The number of halogens is 1. The van der Waals surface area contributed by atoms with E-state index in [0.29, 0.717) is 17.1 Å². The summed E-state index contributed by atoms with van der Waals surface area (Å²) in [5.41, 5.74) is 0.683. The van der Waals surface area contributed by atoms with Crippen molar-refractivity contribution in [2.24, 2.45) is 0 Å². The Kier molecular flexibility index (Phi) is 3.63. The van der Waals surface area contributed by atoms with Gasteiger partial charge in [-0.25, -0.2) is 9.78 Å². The lowest BCUT2D eigenvalue weighted by molar-refractivity contribution is 0.0693. The van der Waals surface area contributed by atoms with E-state index in [0.717, 1.165) is 18.9 Å². The highest BCUT2D eigenvalue weighted by Crippen LogP contribution is 2.20. The predicted octanol–water partition coefficient (Wildman–Crippen LogP) is 2.67. The molecular weight excluding hydrogens is 278 g/mol. The van der Waals surface area contributed by atoms with E-state index in [2.05, 4.69) is 9.88 Å². The van der Waals surface area contributed by atoms with E-state index in [1.807, 2.05) is 0 Å². The topological polar surface area (TPSA) is 57.8 Å². The highest BCUT2D eigenvalue weighted by atomic mass is 35.5. The number of fused-ring (bicyclic) bond motifs is 1. The number of piperidine rings is 1. The first-order valence-corrected chi connectivity index (χ1v) is 7.15. The number of imidazole rings is 1. The zero-order chi connectivity index (χ0) is 14.1. The van der Waals surface area contributed by atoms with Crippen molar-refractivity contribution >= 4 is 23.1 Å². The van der Waals surface area contributed by atoms with Gasteiger partial charge in [0.2, 0.25) is 0 Å². The quantitative estimate of drug-likeness (QED) is 0.945. The average Bonchev–Trinajstić information content (AvgIpc) is 2.78. The van der Waals surface area contributed by atoms with Crippen molar-refractivity contribution < 1.29 is 9.90 Å². The minimum absolute atomic E-state index is 0.0914. The van der Waals surface area contributed by atoms with Gasteiger partial charge in [0.15, 0.2) is 5.69 Å². The molecule has 6 heteroatoms. The van der Waals surface area contributed by atoms with Crippen LogP contribution in [0.15, 0.2) is 18.3 Å². The molecule has 1 N–H and O–H groups in total. The molecule has 2 aromatic heterocycles. The summed E-state index contributed by atoms with van der Waals surface area (Å²) in [6, 6.07) is 3.40. The van der Waals surface area contributed by atoms with Gasteiger partial charge in [0.05, 0.1) is 17.1 Å². The molecule has 0 atom stereocenters. The fourth-order valence-corrected chi connectivity index (χ4v) is 2.87. The van der Waals surface area contributed by atoms with Gasteiger partial charge in [0.25, 0.3) is 0 Å². The first kappa shape index (κ1) is 13.4. The van der Waals surface area contributed by atoms with Gasteiger partial charge in [-0.1, -0.05) is 18.0 Å². The van der Waals surface area contributed by atoms with E-state index in [1.165, 1.54) is 19.3 Å². The fraction of sp³-hybridized carbons (Fsp3) is 0.429. The van der Waals surface area contributed by atoms with Gasteiger partial charge in [0, 0.05) is 6.20 Å². The molecule has 2 aromatic rings. The number of hydrogen-bond donors (Lipinski definition) is 1. The Morgan fingerprint density at radius 3 is 2.75 bits per heavy atom. The van der Waals surface area contributed by atoms with E-state index in [1.54, 1.807) is 22.7 Å². The Morgan fingerprint density at radius 2 is 2.05 bits per heavy atom. The lowest BCUT2D eigenvalue weighted by atomic mass is 10.1. The maximum Gasteiger partial charge on any atom is 0.356 e. The smallest absolute Gasteiger partial charge is 0.356 e. The third-order valence-corrected chi connectivity index (χ3v) is 3.91. The van der Waals surface area contributed by atoms with Gasteiger partial charge in [-0.15, -0.1) is 0 Å². The molecular formula is C14H16ClN3O2. The summed E-state index contributed by atoms with van der Waals surface area (Å²) in [7, 11) is 0. The van der Waals surface area contributed by atoms with E-state index in [9.17, 15) is 9.90 Å². The molecule has 0 aromatic carbocycles. The van der Waals surface area contributed by atoms with E-state index in [4.69, 9.17) is 11.6 Å². The fourth-order valence-electron chi connectivity index (χ4n) is 2.71. The standard InChI is InChI=1S/C14H16ClN3O2/c15-10-4-5-11-13(14(19)20)16-12(18(11)8-10)9-17-6-2-1-3-7-17/h4-5,8H,1-3,6-7,9H2,(H,19,20). The average molecular weight is 294 g/mol. The van der Waals surface area contributed by atoms with Crippen LogP contribution in [0.1, 0.15) is 35.6 Å². The molecule has 20 heavy (non-hydrogen) atoms. The molecule has 0 spiro atoms. The number of aromatic carboxylic acids is 1. The third kappa shape index (κ3) is 2.51. The normalized spacial score (nSPS) is 16.6. The third-order valence-electron chi connectivity index (χ3n) is 3.69. The summed E-state index contributed by atoms with van der Waals surface area (Å²) < 4.78 is 1.79. The molecule has 3 heterocycles. The summed E-state index contributed by atoms with van der Waals surface area (Å²) >= 11 is 6.01. The molecule has 1 aliphatic rings. The number of nitrogens with zero attached hydrogens (tertiary/aromatic N) is 3. The number of carboxylic acids is 1. The number of pyridine rings is 1. The molecule has 0 aliphatic carbocycles. The predicted molar refractivity (Wildman–Crippen MR) is 76.3 cm³/mol. The van der Waals surface area contributed by atoms with Crippen molar-refractivity contribution in [2.75, 3.05) is 13.1 Å². The second-order valence-corrected chi connectivity index (χ2v) is 5.56. The van der Waals surface area contributed by atoms with Crippen LogP contribution in [0.5, 0.6) is 0 Å². The summed E-state index contributed by atoms with van der Waals surface area (Å²) in [6.45, 7) is 2.74. The second-order valence-electron chi connectivity index (χ2n) is 5.12. The van der Waals surface area contributed by atoms with Gasteiger partial charge in [-0.05, 0) is 38.1 Å². The van der Waals surface area contributed by atoms with Gasteiger partial charge in [0.1, 0.15) is 5.82 Å². The van der Waals surface area contributed by atoms with Gasteiger partial charge in [-0.2, -0.15) is 0 Å². The molecule has 0 saturated carbocycles. The monoisotopic (exact) mass is 293 g/mol. The zero-order valence-corrected chi connectivity index (χ0v) is 11.8. The highest BCUT2D eigenvalue weighted by molar-refractivity contribution is 6.30. The van der Waals surface area contributed by atoms with Crippen LogP contribution < -0.4 is 0 Å². The molecule has 1 aliphatic heterocycles. The maximum atomic E-state index is 11.3. The number of hydrogen-bond acceptors (Lipinski definition) is 3. The Morgan fingerprint density at radius 1 is 1.30 bits per heavy atom. The highest BCUT2D eigenvalue weighted by Gasteiger charge is 2.19. The number of likely N-dealkylation sites (tertiary alicyclic amines) is 1. The van der Waals surface area contributed by atoms with Crippen LogP contribution in [0, 0.1) is 0 Å². The minimum Gasteiger partial charge on any atom is -0.476 e. The van der Waals surface area contributed by atoms with Crippen LogP contribution in [0.4, 0.5) is 0 Å². The zero-order valence-electron chi connectivity index (χ0n) is 11.0. The Bertz CT molecular complexity index is 647. The Balaban J connectivity index is 2.00. The number of aromatic nitrogens is 2. The van der Waals surface area contributed by atoms with Crippen LogP contribution in [0.3, 0.4) is 0 Å². The summed E-state index contributed by atoms with van der Waals surface area (Å²) in [5, 5.41) is 9.82. The molecule has 106 valence electrons. The SMILES string of the molecule is O=C(O)c1nc(CN2CCCCC2)n2cc(Cl)ccc12. The first-order valence-electron chi connectivity index (χ1n) is 6.77. The van der Waals surface area contributed by atoms with Crippen molar-refractivity contribution in [3.8, 4) is 0 Å². The number of rotatable bonds is 3. The van der Waals surface area contributed by atoms with Crippen LogP contribution in [0.2, 0.25) is 5.02 Å². The molecule has 1 fully saturated rings. The Labute approximate surface area is 121 Å².